The van der Waals surface area contributed by atoms with Crippen molar-refractivity contribution in [2.75, 3.05) is 33.2 Å². The maximum atomic E-state index is 12.4. The summed E-state index contributed by atoms with van der Waals surface area (Å²) < 4.78 is 0. The van der Waals surface area contributed by atoms with Gasteiger partial charge in [-0.25, -0.2) is 0 Å². The molecule has 2 rings (SSSR count). The Balaban J connectivity index is 1.69. The highest BCUT2D eigenvalue weighted by Gasteiger charge is 2.27. The minimum absolute atomic E-state index is 0.0136. The van der Waals surface area contributed by atoms with Gasteiger partial charge in [0.1, 0.15) is 0 Å². The van der Waals surface area contributed by atoms with Gasteiger partial charge in [-0.3, -0.25) is 19.3 Å². The van der Waals surface area contributed by atoms with E-state index in [1.54, 1.807) is 7.05 Å². The molecule has 0 spiro atoms. The fourth-order valence-electron chi connectivity index (χ4n) is 3.36. The van der Waals surface area contributed by atoms with Crippen molar-refractivity contribution in [1.82, 2.24) is 20.4 Å². The van der Waals surface area contributed by atoms with Gasteiger partial charge in [0.05, 0.1) is 13.1 Å². The summed E-state index contributed by atoms with van der Waals surface area (Å²) in [7, 11) is 1.65. The van der Waals surface area contributed by atoms with Gasteiger partial charge in [-0.2, -0.15) is 0 Å². The molecule has 0 aromatic heterocycles. The quantitative estimate of drug-likeness (QED) is 0.722. The van der Waals surface area contributed by atoms with Gasteiger partial charge in [0.2, 0.25) is 17.7 Å². The highest BCUT2D eigenvalue weighted by Crippen LogP contribution is 2.17. The first-order valence-corrected chi connectivity index (χ1v) is 10.2. The van der Waals surface area contributed by atoms with Gasteiger partial charge in [-0.15, -0.1) is 0 Å². The van der Waals surface area contributed by atoms with E-state index in [9.17, 15) is 14.4 Å². The molecule has 1 fully saturated rings. The molecule has 1 saturated heterocycles. The fourth-order valence-corrected chi connectivity index (χ4v) is 3.36. The molecular formula is C22H34N4O3. The third-order valence-electron chi connectivity index (χ3n) is 4.95. The molecule has 7 nitrogen and oxygen atoms in total. The summed E-state index contributed by atoms with van der Waals surface area (Å²) in [6, 6.07) is 9.86. The molecule has 1 aliphatic heterocycles. The lowest BCUT2D eigenvalue weighted by Gasteiger charge is -2.32. The Morgan fingerprint density at radius 2 is 1.72 bits per heavy atom. The third kappa shape index (κ3) is 8.23. The van der Waals surface area contributed by atoms with Crippen LogP contribution in [0.2, 0.25) is 0 Å². The number of benzene rings is 1. The molecule has 160 valence electrons. The zero-order valence-corrected chi connectivity index (χ0v) is 18.0. The highest BCUT2D eigenvalue weighted by atomic mass is 16.2. The summed E-state index contributed by atoms with van der Waals surface area (Å²) >= 11 is 0. The topological polar surface area (TPSA) is 81.8 Å². The highest BCUT2D eigenvalue weighted by molar-refractivity contribution is 5.85. The van der Waals surface area contributed by atoms with E-state index < -0.39 is 0 Å². The lowest BCUT2D eigenvalue weighted by atomic mass is 9.96. The van der Waals surface area contributed by atoms with Gasteiger partial charge < -0.3 is 15.5 Å². The molecule has 0 unspecified atom stereocenters. The van der Waals surface area contributed by atoms with Gasteiger partial charge in [0.25, 0.3) is 0 Å². The molecule has 3 amide bonds. The number of carbonyl (C=O) groups is 3. The van der Waals surface area contributed by atoms with Crippen LogP contribution in [0.1, 0.15) is 39.2 Å². The van der Waals surface area contributed by atoms with Crippen LogP contribution < -0.4 is 10.6 Å². The Morgan fingerprint density at radius 3 is 2.31 bits per heavy atom. The van der Waals surface area contributed by atoms with Gasteiger partial charge >= 0.3 is 0 Å². The Morgan fingerprint density at radius 1 is 1.10 bits per heavy atom. The van der Waals surface area contributed by atoms with Crippen molar-refractivity contribution in [2.24, 2.45) is 5.92 Å². The van der Waals surface area contributed by atoms with Crippen LogP contribution in [0.25, 0.3) is 0 Å². The van der Waals surface area contributed by atoms with E-state index in [0.717, 1.165) is 18.4 Å². The maximum absolute atomic E-state index is 12.4. The normalized spacial score (nSPS) is 15.6. The molecule has 1 aliphatic rings. The molecule has 1 aromatic carbocycles. The standard InChI is InChI=1S/C22H34N4O3/c1-22(2,3)24-19(27)15-25(4)20(28)16-26-12-10-18(11-13-26)21(29)23-14-17-8-6-5-7-9-17/h5-9,18H,10-16H2,1-4H3,(H,23,29)(H,24,27). The van der Waals surface area contributed by atoms with Crippen molar-refractivity contribution in [1.29, 1.82) is 0 Å². The van der Waals surface area contributed by atoms with E-state index in [1.807, 2.05) is 51.1 Å². The number of hydrogen-bond acceptors (Lipinski definition) is 4. The molecule has 7 heteroatoms. The molecule has 0 atom stereocenters. The van der Waals surface area contributed by atoms with E-state index in [4.69, 9.17) is 0 Å². The molecule has 0 aliphatic carbocycles. The van der Waals surface area contributed by atoms with E-state index in [1.165, 1.54) is 4.90 Å². The Hall–Kier alpha value is -2.41. The lowest BCUT2D eigenvalue weighted by molar-refractivity contribution is -0.136. The maximum Gasteiger partial charge on any atom is 0.240 e. The third-order valence-corrected chi connectivity index (χ3v) is 4.95. The summed E-state index contributed by atoms with van der Waals surface area (Å²) in [5.74, 6) is -0.181. The minimum Gasteiger partial charge on any atom is -0.352 e. The number of rotatable bonds is 7. The monoisotopic (exact) mass is 402 g/mol. The zero-order valence-electron chi connectivity index (χ0n) is 18.0. The number of nitrogens with zero attached hydrogens (tertiary/aromatic N) is 2. The van der Waals surface area contributed by atoms with Crippen LogP contribution in [0.5, 0.6) is 0 Å². The van der Waals surface area contributed by atoms with E-state index in [2.05, 4.69) is 15.5 Å². The summed E-state index contributed by atoms with van der Waals surface area (Å²) in [4.78, 5) is 40.3. The van der Waals surface area contributed by atoms with Crippen molar-refractivity contribution in [3.63, 3.8) is 0 Å². The van der Waals surface area contributed by atoms with Gasteiger partial charge in [0, 0.05) is 25.0 Å². The first kappa shape index (κ1) is 22.9. The Bertz CT molecular complexity index is 692. The van der Waals surface area contributed by atoms with E-state index >= 15 is 0 Å². The smallest absolute Gasteiger partial charge is 0.240 e. The van der Waals surface area contributed by atoms with Crippen LogP contribution in [-0.2, 0) is 20.9 Å². The van der Waals surface area contributed by atoms with Crippen LogP contribution in [0, 0.1) is 5.92 Å². The molecule has 1 aromatic rings. The largest absolute Gasteiger partial charge is 0.352 e. The first-order chi connectivity index (χ1) is 13.6. The summed E-state index contributed by atoms with van der Waals surface area (Å²) in [5.41, 5.74) is 0.770. The Labute approximate surface area is 173 Å². The second-order valence-corrected chi connectivity index (χ2v) is 8.80. The molecule has 2 N–H and O–H groups in total. The molecular weight excluding hydrogens is 368 g/mol. The van der Waals surface area contributed by atoms with Crippen LogP contribution in [0.15, 0.2) is 30.3 Å². The number of hydrogen-bond donors (Lipinski definition) is 2. The molecule has 29 heavy (non-hydrogen) atoms. The number of likely N-dealkylation sites (N-methyl/N-ethyl adjacent to an activating group) is 1. The lowest BCUT2D eigenvalue weighted by Crippen LogP contribution is -2.49. The second-order valence-electron chi connectivity index (χ2n) is 8.80. The summed E-state index contributed by atoms with van der Waals surface area (Å²) in [6.45, 7) is 8.01. The van der Waals surface area contributed by atoms with Crippen molar-refractivity contribution in [3.8, 4) is 0 Å². The number of nitrogens with one attached hydrogen (secondary N) is 2. The van der Waals surface area contributed by atoms with Crippen molar-refractivity contribution in [3.05, 3.63) is 35.9 Å². The van der Waals surface area contributed by atoms with Crippen LogP contribution in [0.4, 0.5) is 0 Å². The van der Waals surface area contributed by atoms with Gasteiger partial charge in [-0.1, -0.05) is 30.3 Å². The van der Waals surface area contributed by atoms with E-state index in [0.29, 0.717) is 19.6 Å². The Kier molecular flexibility index (Phi) is 8.20. The molecule has 0 saturated carbocycles. The second kappa shape index (κ2) is 10.4. The van der Waals surface area contributed by atoms with Gasteiger partial charge in [0.15, 0.2) is 0 Å². The predicted molar refractivity (Wildman–Crippen MR) is 113 cm³/mol. The van der Waals surface area contributed by atoms with Gasteiger partial charge in [-0.05, 0) is 52.3 Å². The zero-order chi connectivity index (χ0) is 21.4. The number of amides is 3. The summed E-state index contributed by atoms with van der Waals surface area (Å²) in [5, 5.41) is 5.87. The minimum atomic E-state index is -0.316. The van der Waals surface area contributed by atoms with E-state index in [-0.39, 0.29) is 42.3 Å². The molecule has 1 heterocycles. The van der Waals surface area contributed by atoms with Crippen molar-refractivity contribution >= 4 is 17.7 Å². The number of piperidine rings is 1. The number of likely N-dealkylation sites (tertiary alicyclic amines) is 1. The predicted octanol–water partition coefficient (Wildman–Crippen LogP) is 1.39. The van der Waals surface area contributed by atoms with Crippen LogP contribution in [0.3, 0.4) is 0 Å². The first-order valence-electron chi connectivity index (χ1n) is 10.2. The van der Waals surface area contributed by atoms with Crippen molar-refractivity contribution in [2.45, 2.75) is 45.7 Å². The number of carbonyl (C=O) groups excluding carboxylic acids is 3. The molecule has 0 radical (unpaired) electrons. The average molecular weight is 403 g/mol. The SMILES string of the molecule is CN(CC(=O)NC(C)(C)C)C(=O)CN1CCC(C(=O)NCc2ccccc2)CC1. The van der Waals surface area contributed by atoms with Crippen LogP contribution >= 0.6 is 0 Å². The fraction of sp³-hybridized carbons (Fsp3) is 0.591. The van der Waals surface area contributed by atoms with Crippen molar-refractivity contribution < 1.29 is 14.4 Å². The summed E-state index contributed by atoms with van der Waals surface area (Å²) in [6.07, 6.45) is 1.48. The average Bonchev–Trinajstić information content (AvgIpc) is 2.66. The molecule has 0 bridgehead atoms. The van der Waals surface area contributed by atoms with Crippen LogP contribution in [-0.4, -0.2) is 66.3 Å².